The molecule has 4 nitrogen and oxygen atoms in total. The SMILES string of the molecule is COc1ccc(C(=O)N2CCSC(C)C2)cc1C#CCN. The van der Waals surface area contributed by atoms with E-state index in [1.54, 1.807) is 25.3 Å². The number of benzene rings is 1. The van der Waals surface area contributed by atoms with Crippen molar-refractivity contribution in [1.29, 1.82) is 0 Å². The lowest BCUT2D eigenvalue weighted by molar-refractivity contribution is 0.0763. The van der Waals surface area contributed by atoms with Crippen molar-refractivity contribution in [2.24, 2.45) is 5.73 Å². The van der Waals surface area contributed by atoms with E-state index in [0.717, 1.165) is 18.8 Å². The molecule has 0 aromatic heterocycles. The Hall–Kier alpha value is -1.64. The zero-order valence-corrected chi connectivity index (χ0v) is 13.2. The Morgan fingerprint density at radius 2 is 2.38 bits per heavy atom. The van der Waals surface area contributed by atoms with Crippen LogP contribution in [0.1, 0.15) is 22.8 Å². The number of hydrogen-bond acceptors (Lipinski definition) is 4. The molecule has 1 amide bonds. The molecule has 0 bridgehead atoms. The van der Waals surface area contributed by atoms with Gasteiger partial charge in [0.15, 0.2) is 0 Å². The molecular weight excluding hydrogens is 284 g/mol. The minimum atomic E-state index is 0.0561. The molecule has 0 aliphatic carbocycles. The lowest BCUT2D eigenvalue weighted by Crippen LogP contribution is -2.41. The lowest BCUT2D eigenvalue weighted by atomic mass is 10.1. The number of carbonyl (C=O) groups excluding carboxylic acids is 1. The van der Waals surface area contributed by atoms with Crippen molar-refractivity contribution < 1.29 is 9.53 Å². The van der Waals surface area contributed by atoms with Crippen LogP contribution in [-0.4, -0.2) is 48.6 Å². The van der Waals surface area contributed by atoms with E-state index in [9.17, 15) is 4.79 Å². The van der Waals surface area contributed by atoms with Crippen LogP contribution in [-0.2, 0) is 0 Å². The Balaban J connectivity index is 2.24. The standard InChI is InChI=1S/C16H20N2O2S/c1-12-11-18(8-9-21-12)16(19)14-5-6-15(20-2)13(10-14)4-3-7-17/h5-6,10,12H,7-9,11,17H2,1-2H3. The topological polar surface area (TPSA) is 55.6 Å². The van der Waals surface area contributed by atoms with Crippen LogP contribution in [0.25, 0.3) is 0 Å². The summed E-state index contributed by atoms with van der Waals surface area (Å²) in [6, 6.07) is 5.37. The van der Waals surface area contributed by atoms with Crippen LogP contribution in [0, 0.1) is 11.8 Å². The highest BCUT2D eigenvalue weighted by molar-refractivity contribution is 7.99. The van der Waals surface area contributed by atoms with Gasteiger partial charge in [-0.15, -0.1) is 0 Å². The highest BCUT2D eigenvalue weighted by atomic mass is 32.2. The Labute approximate surface area is 130 Å². The minimum absolute atomic E-state index is 0.0561. The summed E-state index contributed by atoms with van der Waals surface area (Å²) in [5.74, 6) is 7.46. The van der Waals surface area contributed by atoms with E-state index in [1.807, 2.05) is 16.7 Å². The molecule has 21 heavy (non-hydrogen) atoms. The highest BCUT2D eigenvalue weighted by Gasteiger charge is 2.22. The number of hydrogen-bond donors (Lipinski definition) is 1. The Kier molecular flexibility index (Phi) is 5.54. The molecule has 1 saturated heterocycles. The minimum Gasteiger partial charge on any atom is -0.495 e. The maximum Gasteiger partial charge on any atom is 0.253 e. The molecule has 1 aliphatic heterocycles. The fourth-order valence-electron chi connectivity index (χ4n) is 2.27. The van der Waals surface area contributed by atoms with Crippen molar-refractivity contribution in [3.8, 4) is 17.6 Å². The predicted octanol–water partition coefficient (Wildman–Crippen LogP) is 1.58. The summed E-state index contributed by atoms with van der Waals surface area (Å²) in [6.45, 7) is 4.02. The summed E-state index contributed by atoms with van der Waals surface area (Å²) < 4.78 is 5.27. The fraction of sp³-hybridized carbons (Fsp3) is 0.438. The van der Waals surface area contributed by atoms with Crippen molar-refractivity contribution in [2.75, 3.05) is 32.5 Å². The van der Waals surface area contributed by atoms with Crippen LogP contribution in [0.5, 0.6) is 5.75 Å². The summed E-state index contributed by atoms with van der Waals surface area (Å²) >= 11 is 1.90. The first-order valence-electron chi connectivity index (χ1n) is 6.93. The van der Waals surface area contributed by atoms with Crippen LogP contribution in [0.15, 0.2) is 18.2 Å². The number of nitrogens with two attached hydrogens (primary N) is 1. The molecule has 1 atom stereocenters. The third kappa shape index (κ3) is 3.93. The van der Waals surface area contributed by atoms with Gasteiger partial charge in [0.25, 0.3) is 5.91 Å². The van der Waals surface area contributed by atoms with E-state index in [1.165, 1.54) is 0 Å². The van der Waals surface area contributed by atoms with Crippen LogP contribution in [0.2, 0.25) is 0 Å². The number of nitrogens with zero attached hydrogens (tertiary/aromatic N) is 1. The summed E-state index contributed by atoms with van der Waals surface area (Å²) in [4.78, 5) is 14.5. The van der Waals surface area contributed by atoms with Crippen LogP contribution < -0.4 is 10.5 Å². The second-order valence-electron chi connectivity index (χ2n) is 4.85. The van der Waals surface area contributed by atoms with E-state index in [-0.39, 0.29) is 12.5 Å². The van der Waals surface area contributed by atoms with Crippen LogP contribution >= 0.6 is 11.8 Å². The number of thioether (sulfide) groups is 1. The number of carbonyl (C=O) groups is 1. The van der Waals surface area contributed by atoms with Gasteiger partial charge < -0.3 is 15.4 Å². The van der Waals surface area contributed by atoms with Crippen molar-refractivity contribution in [2.45, 2.75) is 12.2 Å². The lowest BCUT2D eigenvalue weighted by Gasteiger charge is -2.30. The molecule has 1 aromatic carbocycles. The molecule has 1 fully saturated rings. The van der Waals surface area contributed by atoms with Gasteiger partial charge in [0.1, 0.15) is 5.75 Å². The number of rotatable bonds is 2. The maximum atomic E-state index is 12.6. The second kappa shape index (κ2) is 7.39. The molecule has 1 aromatic rings. The summed E-state index contributed by atoms with van der Waals surface area (Å²) in [5.41, 5.74) is 6.76. The van der Waals surface area contributed by atoms with Gasteiger partial charge in [-0.05, 0) is 18.2 Å². The summed E-state index contributed by atoms with van der Waals surface area (Å²) in [6.07, 6.45) is 0. The van der Waals surface area contributed by atoms with Crippen molar-refractivity contribution in [3.63, 3.8) is 0 Å². The van der Waals surface area contributed by atoms with E-state index in [0.29, 0.717) is 22.1 Å². The van der Waals surface area contributed by atoms with Gasteiger partial charge in [-0.1, -0.05) is 18.8 Å². The zero-order chi connectivity index (χ0) is 15.2. The van der Waals surface area contributed by atoms with Gasteiger partial charge in [0.2, 0.25) is 0 Å². The Morgan fingerprint density at radius 3 is 3.05 bits per heavy atom. The van der Waals surface area contributed by atoms with Gasteiger partial charge in [-0.25, -0.2) is 0 Å². The molecular formula is C16H20N2O2S. The van der Waals surface area contributed by atoms with Gasteiger partial charge in [-0.3, -0.25) is 4.79 Å². The largest absolute Gasteiger partial charge is 0.495 e. The Morgan fingerprint density at radius 1 is 1.57 bits per heavy atom. The van der Waals surface area contributed by atoms with Gasteiger partial charge in [0.05, 0.1) is 19.2 Å². The molecule has 0 radical (unpaired) electrons. The third-order valence-electron chi connectivity index (χ3n) is 3.30. The molecule has 0 spiro atoms. The molecule has 1 aliphatic rings. The first-order chi connectivity index (χ1) is 10.2. The van der Waals surface area contributed by atoms with E-state index in [2.05, 4.69) is 18.8 Å². The molecule has 112 valence electrons. The van der Waals surface area contributed by atoms with Crippen LogP contribution in [0.3, 0.4) is 0 Å². The highest BCUT2D eigenvalue weighted by Crippen LogP contribution is 2.23. The van der Waals surface area contributed by atoms with Crippen molar-refractivity contribution in [1.82, 2.24) is 4.90 Å². The summed E-state index contributed by atoms with van der Waals surface area (Å²) in [7, 11) is 1.59. The fourth-order valence-corrected chi connectivity index (χ4v) is 3.28. The molecule has 0 saturated carbocycles. The number of ether oxygens (including phenoxy) is 1. The molecule has 5 heteroatoms. The smallest absolute Gasteiger partial charge is 0.253 e. The maximum absolute atomic E-state index is 12.6. The monoisotopic (exact) mass is 304 g/mol. The molecule has 1 heterocycles. The average molecular weight is 304 g/mol. The van der Waals surface area contributed by atoms with Crippen molar-refractivity contribution >= 4 is 17.7 Å². The zero-order valence-electron chi connectivity index (χ0n) is 12.4. The first-order valence-corrected chi connectivity index (χ1v) is 7.98. The van der Waals surface area contributed by atoms with E-state index >= 15 is 0 Å². The van der Waals surface area contributed by atoms with Gasteiger partial charge in [0, 0.05) is 29.7 Å². The van der Waals surface area contributed by atoms with Gasteiger partial charge >= 0.3 is 0 Å². The van der Waals surface area contributed by atoms with E-state index < -0.39 is 0 Å². The van der Waals surface area contributed by atoms with Gasteiger partial charge in [-0.2, -0.15) is 11.8 Å². The number of methoxy groups -OCH3 is 1. The first kappa shape index (κ1) is 15.7. The summed E-state index contributed by atoms with van der Waals surface area (Å²) in [5, 5.41) is 0.484. The van der Waals surface area contributed by atoms with E-state index in [4.69, 9.17) is 10.5 Å². The normalized spacial score (nSPS) is 17.9. The molecule has 1 unspecified atom stereocenters. The Bertz CT molecular complexity index is 577. The van der Waals surface area contributed by atoms with Crippen molar-refractivity contribution in [3.05, 3.63) is 29.3 Å². The average Bonchev–Trinajstić information content (AvgIpc) is 2.51. The quantitative estimate of drug-likeness (QED) is 0.843. The molecule has 2 rings (SSSR count). The number of amides is 1. The molecule has 2 N–H and O–H groups in total. The van der Waals surface area contributed by atoms with Crippen LogP contribution in [0.4, 0.5) is 0 Å². The predicted molar refractivity (Wildman–Crippen MR) is 86.7 cm³/mol. The second-order valence-corrected chi connectivity index (χ2v) is 6.40. The third-order valence-corrected chi connectivity index (χ3v) is 4.44.